The van der Waals surface area contributed by atoms with Gasteiger partial charge in [-0.1, -0.05) is 23.7 Å². The number of nitrogens with zero attached hydrogens (tertiary/aromatic N) is 1. The molecule has 108 valence electrons. The zero-order chi connectivity index (χ0) is 13.0. The molecule has 2 rings (SSSR count). The molecule has 2 nitrogen and oxygen atoms in total. The van der Waals surface area contributed by atoms with Crippen molar-refractivity contribution < 1.29 is 8.78 Å². The van der Waals surface area contributed by atoms with E-state index >= 15 is 0 Å². The molecule has 0 unspecified atom stereocenters. The first kappa shape index (κ1) is 16.6. The molecule has 1 saturated heterocycles. The number of benzene rings is 1. The van der Waals surface area contributed by atoms with Crippen LogP contribution in [0.4, 0.5) is 8.78 Å². The van der Waals surface area contributed by atoms with E-state index in [0.29, 0.717) is 12.0 Å². The van der Waals surface area contributed by atoms with Crippen molar-refractivity contribution >= 4 is 24.0 Å². The van der Waals surface area contributed by atoms with Gasteiger partial charge in [-0.3, -0.25) is 9.29 Å². The minimum atomic E-state index is -0.458. The second-order valence-corrected chi connectivity index (χ2v) is 4.83. The lowest BCUT2D eigenvalue weighted by Gasteiger charge is -2.35. The molecule has 0 aliphatic carbocycles. The predicted molar refractivity (Wildman–Crippen MR) is 76.4 cm³/mol. The zero-order valence-electron chi connectivity index (χ0n) is 10.5. The molecule has 0 aromatic heterocycles. The van der Waals surface area contributed by atoms with Gasteiger partial charge in [-0.15, -0.1) is 12.4 Å². The minimum Gasteiger partial charge on any atom is -0.314 e. The largest absolute Gasteiger partial charge is 0.314 e. The summed E-state index contributed by atoms with van der Waals surface area (Å²) in [5.74, 6) is -0.420. The van der Waals surface area contributed by atoms with Gasteiger partial charge in [-0.2, -0.15) is 0 Å². The van der Waals surface area contributed by atoms with Crippen LogP contribution in [0.3, 0.4) is 0 Å². The lowest BCUT2D eigenvalue weighted by Crippen LogP contribution is -2.45. The van der Waals surface area contributed by atoms with Gasteiger partial charge in [0.05, 0.1) is 11.7 Å². The summed E-state index contributed by atoms with van der Waals surface area (Å²) >= 11 is 5.80. The van der Waals surface area contributed by atoms with Crippen molar-refractivity contribution in [2.45, 2.75) is 12.5 Å². The quantitative estimate of drug-likeness (QED) is 0.918. The first-order valence-corrected chi connectivity index (χ1v) is 6.56. The van der Waals surface area contributed by atoms with E-state index in [9.17, 15) is 8.78 Å². The van der Waals surface area contributed by atoms with Gasteiger partial charge in [-0.25, -0.2) is 4.39 Å². The van der Waals surface area contributed by atoms with Gasteiger partial charge in [0, 0.05) is 37.8 Å². The van der Waals surface area contributed by atoms with Crippen LogP contribution in [-0.4, -0.2) is 37.8 Å². The van der Waals surface area contributed by atoms with Gasteiger partial charge in [0.25, 0.3) is 0 Å². The maximum atomic E-state index is 14.0. The molecular formula is C13H18Cl2F2N2. The Hall–Kier alpha value is -0.420. The third-order valence-electron chi connectivity index (χ3n) is 3.32. The summed E-state index contributed by atoms with van der Waals surface area (Å²) in [6.45, 7) is 2.85. The van der Waals surface area contributed by atoms with Crippen LogP contribution in [0.25, 0.3) is 0 Å². The number of piperazine rings is 1. The average Bonchev–Trinajstić information content (AvgIpc) is 2.41. The van der Waals surface area contributed by atoms with E-state index in [1.165, 1.54) is 6.07 Å². The Bertz CT molecular complexity index is 398. The van der Waals surface area contributed by atoms with E-state index in [1.807, 2.05) is 0 Å². The zero-order valence-corrected chi connectivity index (χ0v) is 12.1. The Morgan fingerprint density at radius 1 is 1.32 bits per heavy atom. The standard InChI is InChI=1S/C13H17ClF2N2.ClH/c14-11-3-1-2-10(13(11)16)12(4-5-15)18-8-6-17-7-9-18;/h1-3,12,17H,4-9H2;1H/t12-;/m0./s1. The van der Waals surface area contributed by atoms with Crippen LogP contribution in [0.15, 0.2) is 18.2 Å². The molecule has 0 bridgehead atoms. The predicted octanol–water partition coefficient (Wildman–Crippen LogP) is 3.21. The molecule has 1 aliphatic rings. The Morgan fingerprint density at radius 3 is 2.63 bits per heavy atom. The number of alkyl halides is 1. The van der Waals surface area contributed by atoms with E-state index in [-0.39, 0.29) is 23.5 Å². The van der Waals surface area contributed by atoms with Crippen LogP contribution in [0.1, 0.15) is 18.0 Å². The third-order valence-corrected chi connectivity index (χ3v) is 3.61. The Balaban J connectivity index is 0.00000180. The van der Waals surface area contributed by atoms with Gasteiger partial charge in [0.2, 0.25) is 0 Å². The van der Waals surface area contributed by atoms with Gasteiger partial charge in [0.15, 0.2) is 0 Å². The van der Waals surface area contributed by atoms with Crippen molar-refractivity contribution in [2.24, 2.45) is 0 Å². The summed E-state index contributed by atoms with van der Waals surface area (Å²) in [5.41, 5.74) is 0.502. The van der Waals surface area contributed by atoms with Crippen molar-refractivity contribution in [3.63, 3.8) is 0 Å². The summed E-state index contributed by atoms with van der Waals surface area (Å²) in [4.78, 5) is 2.12. The van der Waals surface area contributed by atoms with Crippen molar-refractivity contribution in [2.75, 3.05) is 32.9 Å². The summed E-state index contributed by atoms with van der Waals surface area (Å²) in [5, 5.41) is 3.34. The highest BCUT2D eigenvalue weighted by molar-refractivity contribution is 6.30. The smallest absolute Gasteiger partial charge is 0.146 e. The molecule has 1 aliphatic heterocycles. The summed E-state index contributed by atoms with van der Waals surface area (Å²) in [6.07, 6.45) is 0.303. The highest BCUT2D eigenvalue weighted by Gasteiger charge is 2.25. The molecule has 1 atom stereocenters. The van der Waals surface area contributed by atoms with Crippen LogP contribution in [-0.2, 0) is 0 Å². The molecular weight excluding hydrogens is 293 g/mol. The molecule has 1 N–H and O–H groups in total. The lowest BCUT2D eigenvalue weighted by molar-refractivity contribution is 0.154. The molecule has 1 aromatic rings. The van der Waals surface area contributed by atoms with E-state index < -0.39 is 12.5 Å². The maximum Gasteiger partial charge on any atom is 0.146 e. The van der Waals surface area contributed by atoms with E-state index in [4.69, 9.17) is 11.6 Å². The monoisotopic (exact) mass is 310 g/mol. The van der Waals surface area contributed by atoms with Gasteiger partial charge >= 0.3 is 0 Å². The van der Waals surface area contributed by atoms with E-state index in [1.54, 1.807) is 12.1 Å². The Morgan fingerprint density at radius 2 is 2.00 bits per heavy atom. The molecule has 19 heavy (non-hydrogen) atoms. The van der Waals surface area contributed by atoms with Crippen LogP contribution < -0.4 is 5.32 Å². The van der Waals surface area contributed by atoms with Gasteiger partial charge in [-0.05, 0) is 12.5 Å². The first-order valence-electron chi connectivity index (χ1n) is 6.18. The molecule has 1 heterocycles. The first-order chi connectivity index (χ1) is 8.74. The maximum absolute atomic E-state index is 14.0. The Labute approximate surface area is 123 Å². The van der Waals surface area contributed by atoms with Crippen LogP contribution >= 0.6 is 24.0 Å². The molecule has 1 fully saturated rings. The minimum absolute atomic E-state index is 0. The molecule has 0 amide bonds. The third kappa shape index (κ3) is 4.02. The van der Waals surface area contributed by atoms with Gasteiger partial charge in [0.1, 0.15) is 5.82 Å². The summed E-state index contributed by atoms with van der Waals surface area (Å²) < 4.78 is 26.8. The number of rotatable bonds is 4. The van der Waals surface area contributed by atoms with Crippen molar-refractivity contribution in [3.05, 3.63) is 34.6 Å². The molecule has 1 aromatic carbocycles. The number of halogens is 4. The molecule has 6 heteroatoms. The molecule has 0 saturated carbocycles. The SMILES string of the molecule is Cl.FCC[C@@H](c1cccc(Cl)c1F)N1CCNCC1. The van der Waals surface area contributed by atoms with Crippen molar-refractivity contribution in [3.8, 4) is 0 Å². The van der Waals surface area contributed by atoms with Crippen molar-refractivity contribution in [1.29, 1.82) is 0 Å². The van der Waals surface area contributed by atoms with Crippen molar-refractivity contribution in [1.82, 2.24) is 10.2 Å². The summed E-state index contributed by atoms with van der Waals surface area (Å²) in [7, 11) is 0. The number of nitrogens with one attached hydrogen (secondary N) is 1. The topological polar surface area (TPSA) is 15.3 Å². The second-order valence-electron chi connectivity index (χ2n) is 4.42. The second kappa shape index (κ2) is 8.00. The number of hydrogen-bond acceptors (Lipinski definition) is 2. The molecule has 0 spiro atoms. The highest BCUT2D eigenvalue weighted by Crippen LogP contribution is 2.30. The molecule has 0 radical (unpaired) electrons. The fourth-order valence-electron chi connectivity index (χ4n) is 2.41. The number of hydrogen-bond donors (Lipinski definition) is 1. The van der Waals surface area contributed by atoms with E-state index in [0.717, 1.165) is 26.2 Å². The van der Waals surface area contributed by atoms with E-state index in [2.05, 4.69) is 10.2 Å². The van der Waals surface area contributed by atoms with Crippen LogP contribution in [0, 0.1) is 5.82 Å². The normalized spacial score (nSPS) is 17.8. The Kier molecular flexibility index (Phi) is 7.00. The highest BCUT2D eigenvalue weighted by atomic mass is 35.5. The van der Waals surface area contributed by atoms with Crippen LogP contribution in [0.2, 0.25) is 5.02 Å². The average molecular weight is 311 g/mol. The fourth-order valence-corrected chi connectivity index (χ4v) is 2.59. The lowest BCUT2D eigenvalue weighted by atomic mass is 10.0. The summed E-state index contributed by atoms with van der Waals surface area (Å²) in [6, 6.07) is 4.71. The van der Waals surface area contributed by atoms with Crippen LogP contribution in [0.5, 0.6) is 0 Å². The van der Waals surface area contributed by atoms with Gasteiger partial charge < -0.3 is 5.32 Å². The fraction of sp³-hybridized carbons (Fsp3) is 0.538.